The van der Waals surface area contributed by atoms with Crippen LogP contribution in [0.2, 0.25) is 0 Å². The fourth-order valence-electron chi connectivity index (χ4n) is 3.55. The first-order valence-corrected chi connectivity index (χ1v) is 9.97. The summed E-state index contributed by atoms with van der Waals surface area (Å²) in [7, 11) is 0. The molecule has 156 valence electrons. The number of hydrogen-bond donors (Lipinski definition) is 2. The quantitative estimate of drug-likeness (QED) is 0.651. The summed E-state index contributed by atoms with van der Waals surface area (Å²) in [6.07, 6.45) is 5.31. The average molecular weight is 408 g/mol. The second-order valence-corrected chi connectivity index (χ2v) is 7.87. The second-order valence-electron chi connectivity index (χ2n) is 7.87. The highest BCUT2D eigenvalue weighted by molar-refractivity contribution is 6.09. The Balaban J connectivity index is 1.25. The van der Waals surface area contributed by atoms with Crippen LogP contribution in [0.25, 0.3) is 0 Å². The predicted octanol–water partition coefficient (Wildman–Crippen LogP) is 2.00. The Kier molecular flexibility index (Phi) is 5.39. The first kappa shape index (κ1) is 19.9. The first-order valence-electron chi connectivity index (χ1n) is 9.97. The van der Waals surface area contributed by atoms with Crippen molar-refractivity contribution in [3.63, 3.8) is 0 Å². The van der Waals surface area contributed by atoms with E-state index in [0.29, 0.717) is 18.9 Å². The Bertz CT molecular complexity index is 943. The Morgan fingerprint density at radius 2 is 2.00 bits per heavy atom. The lowest BCUT2D eigenvalue weighted by atomic mass is 9.96. The number of carbonyl (C=O) groups is 3. The maximum atomic E-state index is 12.6. The standard InChI is InChI=1S/C22H24N4O4/c1-22(17-6-7-17)20(28)26(21(29)25-22)13-19(27)24-12-15-4-8-18(9-5-15)30-14-16-3-2-10-23-11-16/h2-5,8-11,17H,6-7,12-14H2,1H3,(H,24,27)(H,25,29). The number of rotatable bonds is 8. The summed E-state index contributed by atoms with van der Waals surface area (Å²) in [5, 5.41) is 5.50. The lowest BCUT2D eigenvalue weighted by Gasteiger charge is -2.20. The molecule has 8 heteroatoms. The van der Waals surface area contributed by atoms with E-state index in [0.717, 1.165) is 28.9 Å². The molecule has 2 fully saturated rings. The molecule has 30 heavy (non-hydrogen) atoms. The number of pyridine rings is 1. The minimum atomic E-state index is -0.872. The Morgan fingerprint density at radius 1 is 1.23 bits per heavy atom. The van der Waals surface area contributed by atoms with Crippen molar-refractivity contribution in [1.82, 2.24) is 20.5 Å². The van der Waals surface area contributed by atoms with Gasteiger partial charge < -0.3 is 15.4 Å². The van der Waals surface area contributed by atoms with Crippen LogP contribution in [-0.4, -0.2) is 39.8 Å². The van der Waals surface area contributed by atoms with Crippen LogP contribution in [0, 0.1) is 5.92 Å². The molecule has 8 nitrogen and oxygen atoms in total. The monoisotopic (exact) mass is 408 g/mol. The molecule has 0 bridgehead atoms. The van der Waals surface area contributed by atoms with Crippen LogP contribution in [0.15, 0.2) is 48.8 Å². The van der Waals surface area contributed by atoms with Gasteiger partial charge in [0.2, 0.25) is 5.91 Å². The third-order valence-electron chi connectivity index (χ3n) is 5.54. The first-order chi connectivity index (χ1) is 14.5. The highest BCUT2D eigenvalue weighted by atomic mass is 16.5. The topological polar surface area (TPSA) is 101 Å². The zero-order valence-electron chi connectivity index (χ0n) is 16.8. The molecule has 1 aliphatic heterocycles. The molecule has 1 saturated heterocycles. The molecule has 2 N–H and O–H groups in total. The number of imide groups is 1. The van der Waals surface area contributed by atoms with E-state index in [4.69, 9.17) is 4.74 Å². The third kappa shape index (κ3) is 4.27. The van der Waals surface area contributed by atoms with Gasteiger partial charge in [0.05, 0.1) is 0 Å². The van der Waals surface area contributed by atoms with Gasteiger partial charge in [-0.05, 0) is 49.4 Å². The lowest BCUT2D eigenvalue weighted by Crippen LogP contribution is -2.46. The van der Waals surface area contributed by atoms with Crippen LogP contribution >= 0.6 is 0 Å². The van der Waals surface area contributed by atoms with Crippen molar-refractivity contribution in [2.45, 2.75) is 38.5 Å². The lowest BCUT2D eigenvalue weighted by molar-refractivity contribution is -0.135. The maximum Gasteiger partial charge on any atom is 0.325 e. The smallest absolute Gasteiger partial charge is 0.325 e. The zero-order chi connectivity index (χ0) is 21.1. The van der Waals surface area contributed by atoms with Gasteiger partial charge in [-0.1, -0.05) is 18.2 Å². The van der Waals surface area contributed by atoms with Crippen LogP contribution in [0.4, 0.5) is 4.79 Å². The van der Waals surface area contributed by atoms with E-state index >= 15 is 0 Å². The molecule has 0 radical (unpaired) electrons. The van der Waals surface area contributed by atoms with Gasteiger partial charge in [0.25, 0.3) is 5.91 Å². The molecule has 2 aromatic rings. The molecule has 1 aromatic heterocycles. The number of hydrogen-bond acceptors (Lipinski definition) is 5. The molecule has 4 rings (SSSR count). The SMILES string of the molecule is CC1(C2CC2)NC(=O)N(CC(=O)NCc2ccc(OCc3cccnc3)cc2)C1=O. The number of amides is 4. The number of benzene rings is 1. The van der Waals surface area contributed by atoms with E-state index in [2.05, 4.69) is 15.6 Å². The van der Waals surface area contributed by atoms with Gasteiger partial charge in [0.1, 0.15) is 24.4 Å². The van der Waals surface area contributed by atoms with E-state index < -0.39 is 11.6 Å². The maximum absolute atomic E-state index is 12.6. The van der Waals surface area contributed by atoms with Crippen molar-refractivity contribution >= 4 is 17.8 Å². The van der Waals surface area contributed by atoms with Gasteiger partial charge in [-0.25, -0.2) is 4.79 Å². The number of urea groups is 1. The van der Waals surface area contributed by atoms with Crippen LogP contribution in [-0.2, 0) is 22.7 Å². The summed E-state index contributed by atoms with van der Waals surface area (Å²) in [6, 6.07) is 10.7. The summed E-state index contributed by atoms with van der Waals surface area (Å²) in [5.74, 6) is 0.184. The van der Waals surface area contributed by atoms with Gasteiger partial charge in [-0.3, -0.25) is 19.5 Å². The predicted molar refractivity (Wildman–Crippen MR) is 108 cm³/mol. The van der Waals surface area contributed by atoms with Crippen molar-refractivity contribution in [2.75, 3.05) is 6.54 Å². The fraction of sp³-hybridized carbons (Fsp3) is 0.364. The molecule has 1 aliphatic carbocycles. The molecular weight excluding hydrogens is 384 g/mol. The summed E-state index contributed by atoms with van der Waals surface area (Å²) < 4.78 is 5.71. The van der Waals surface area contributed by atoms with Gasteiger partial charge in [0, 0.05) is 24.5 Å². The molecule has 1 saturated carbocycles. The molecule has 2 aliphatic rings. The zero-order valence-corrected chi connectivity index (χ0v) is 16.8. The van der Waals surface area contributed by atoms with Crippen LogP contribution < -0.4 is 15.4 Å². The number of ether oxygens (including phenoxy) is 1. The van der Waals surface area contributed by atoms with Gasteiger partial charge in [0.15, 0.2) is 0 Å². The molecular formula is C22H24N4O4. The molecule has 1 aromatic carbocycles. The van der Waals surface area contributed by atoms with Gasteiger partial charge in [-0.2, -0.15) is 0 Å². The summed E-state index contributed by atoms with van der Waals surface area (Å²) in [5.41, 5.74) is 0.993. The van der Waals surface area contributed by atoms with Crippen molar-refractivity contribution in [3.8, 4) is 5.75 Å². The average Bonchev–Trinajstić information content (AvgIpc) is 3.58. The highest BCUT2D eigenvalue weighted by Crippen LogP contribution is 2.42. The van der Waals surface area contributed by atoms with Crippen LogP contribution in [0.1, 0.15) is 30.9 Å². The Morgan fingerprint density at radius 3 is 2.67 bits per heavy atom. The molecule has 1 unspecified atom stereocenters. The molecule has 2 heterocycles. The summed E-state index contributed by atoms with van der Waals surface area (Å²) in [6.45, 7) is 2.18. The van der Waals surface area contributed by atoms with Gasteiger partial charge >= 0.3 is 6.03 Å². The van der Waals surface area contributed by atoms with Crippen molar-refractivity contribution in [3.05, 3.63) is 59.9 Å². The van der Waals surface area contributed by atoms with E-state index in [9.17, 15) is 14.4 Å². The summed E-state index contributed by atoms with van der Waals surface area (Å²) >= 11 is 0. The van der Waals surface area contributed by atoms with E-state index in [-0.39, 0.29) is 24.3 Å². The normalized spacial score (nSPS) is 20.8. The van der Waals surface area contributed by atoms with Crippen LogP contribution in [0.3, 0.4) is 0 Å². The molecule has 1 atom stereocenters. The van der Waals surface area contributed by atoms with E-state index in [1.165, 1.54) is 0 Å². The molecule has 0 spiro atoms. The second kappa shape index (κ2) is 8.14. The summed E-state index contributed by atoms with van der Waals surface area (Å²) in [4.78, 5) is 42.0. The molecule has 4 amide bonds. The van der Waals surface area contributed by atoms with E-state index in [1.54, 1.807) is 19.3 Å². The number of carbonyl (C=O) groups excluding carboxylic acids is 3. The number of nitrogens with zero attached hydrogens (tertiary/aromatic N) is 2. The van der Waals surface area contributed by atoms with Crippen molar-refractivity contribution in [2.24, 2.45) is 5.92 Å². The number of aromatic nitrogens is 1. The number of nitrogens with one attached hydrogen (secondary N) is 2. The third-order valence-corrected chi connectivity index (χ3v) is 5.54. The van der Waals surface area contributed by atoms with Crippen molar-refractivity contribution in [1.29, 1.82) is 0 Å². The van der Waals surface area contributed by atoms with Crippen LogP contribution in [0.5, 0.6) is 5.75 Å². The fourth-order valence-corrected chi connectivity index (χ4v) is 3.55. The highest BCUT2D eigenvalue weighted by Gasteiger charge is 2.56. The Hall–Kier alpha value is -3.42. The largest absolute Gasteiger partial charge is 0.489 e. The van der Waals surface area contributed by atoms with Gasteiger partial charge in [-0.15, -0.1) is 0 Å². The minimum absolute atomic E-state index is 0.167. The van der Waals surface area contributed by atoms with Crippen molar-refractivity contribution < 1.29 is 19.1 Å². The Labute approximate surface area is 174 Å². The van der Waals surface area contributed by atoms with E-state index in [1.807, 2.05) is 36.4 Å². The minimum Gasteiger partial charge on any atom is -0.489 e.